The molecule has 0 heterocycles. The topological polar surface area (TPSA) is 87.6 Å². The minimum atomic E-state index is -0.872. The van der Waals surface area contributed by atoms with Gasteiger partial charge in [-0.05, 0) is 18.8 Å². The van der Waals surface area contributed by atoms with E-state index in [9.17, 15) is 4.79 Å². The third kappa shape index (κ3) is 4.61. The van der Waals surface area contributed by atoms with Gasteiger partial charge in [0.25, 0.3) is 0 Å². The molecule has 100 valence electrons. The highest BCUT2D eigenvalue weighted by atomic mass is 16.5. The van der Waals surface area contributed by atoms with Crippen molar-refractivity contribution in [2.75, 3.05) is 19.8 Å². The van der Waals surface area contributed by atoms with Crippen LogP contribution < -0.4 is 11.5 Å². The molecule has 1 amide bonds. The second kappa shape index (κ2) is 6.33. The molecule has 0 saturated heterocycles. The van der Waals surface area contributed by atoms with Crippen LogP contribution in [0.4, 0.5) is 0 Å². The molecule has 17 heavy (non-hydrogen) atoms. The molecule has 0 spiro atoms. The van der Waals surface area contributed by atoms with Gasteiger partial charge in [-0.25, -0.2) is 0 Å². The molecule has 1 rings (SSSR count). The minimum Gasteiger partial charge on any atom is -0.379 e. The maximum absolute atomic E-state index is 11.1. The van der Waals surface area contributed by atoms with E-state index < -0.39 is 11.4 Å². The Kier molecular flexibility index (Phi) is 5.36. The third-order valence-electron chi connectivity index (χ3n) is 3.03. The molecule has 0 aromatic heterocycles. The van der Waals surface area contributed by atoms with Crippen LogP contribution in [0.15, 0.2) is 0 Å². The lowest BCUT2D eigenvalue weighted by Gasteiger charge is -2.19. The van der Waals surface area contributed by atoms with Crippen LogP contribution in [0.3, 0.4) is 0 Å². The van der Waals surface area contributed by atoms with Crippen molar-refractivity contribution >= 4 is 5.91 Å². The predicted molar refractivity (Wildman–Crippen MR) is 65.4 cm³/mol. The minimum absolute atomic E-state index is 0.0372. The Hall–Kier alpha value is -0.650. The van der Waals surface area contributed by atoms with Crippen molar-refractivity contribution in [2.45, 2.75) is 44.8 Å². The summed E-state index contributed by atoms with van der Waals surface area (Å²) in [5.74, 6) is 0.104. The van der Waals surface area contributed by atoms with Crippen LogP contribution in [0.5, 0.6) is 0 Å². The Morgan fingerprint density at radius 1 is 1.47 bits per heavy atom. The molecule has 2 unspecified atom stereocenters. The molecule has 5 heteroatoms. The number of ether oxygens (including phenoxy) is 2. The van der Waals surface area contributed by atoms with Gasteiger partial charge in [0.2, 0.25) is 5.91 Å². The van der Waals surface area contributed by atoms with E-state index in [2.05, 4.69) is 13.8 Å². The first kappa shape index (κ1) is 14.4. The van der Waals surface area contributed by atoms with Gasteiger partial charge in [-0.15, -0.1) is 0 Å². The molecule has 0 aromatic carbocycles. The number of amides is 1. The molecule has 5 nitrogen and oxygen atoms in total. The molecule has 1 fully saturated rings. The Bertz CT molecular complexity index is 258. The molecular weight excluding hydrogens is 220 g/mol. The summed E-state index contributed by atoms with van der Waals surface area (Å²) in [7, 11) is 0. The highest BCUT2D eigenvalue weighted by Gasteiger charge is 2.40. The summed E-state index contributed by atoms with van der Waals surface area (Å²) in [6, 6.07) is 0. The second-order valence-electron chi connectivity index (χ2n) is 5.22. The first-order chi connectivity index (χ1) is 7.94. The molecule has 4 N–H and O–H groups in total. The number of carbonyl (C=O) groups excluding carboxylic acids is 1. The first-order valence-corrected chi connectivity index (χ1v) is 6.22. The largest absolute Gasteiger partial charge is 0.379 e. The van der Waals surface area contributed by atoms with Crippen molar-refractivity contribution in [3.63, 3.8) is 0 Å². The van der Waals surface area contributed by atoms with E-state index in [4.69, 9.17) is 20.9 Å². The highest BCUT2D eigenvalue weighted by Crippen LogP contribution is 2.29. The van der Waals surface area contributed by atoms with Gasteiger partial charge in [0.05, 0.1) is 24.9 Å². The summed E-state index contributed by atoms with van der Waals surface area (Å²) in [4.78, 5) is 11.1. The average molecular weight is 244 g/mol. The van der Waals surface area contributed by atoms with Gasteiger partial charge in [-0.3, -0.25) is 4.79 Å². The summed E-state index contributed by atoms with van der Waals surface area (Å²) in [6.45, 7) is 6.09. The monoisotopic (exact) mass is 244 g/mol. The number of primary amides is 1. The van der Waals surface area contributed by atoms with Crippen LogP contribution in [-0.4, -0.2) is 37.4 Å². The van der Waals surface area contributed by atoms with E-state index in [0.29, 0.717) is 32.0 Å². The zero-order chi connectivity index (χ0) is 12.9. The summed E-state index contributed by atoms with van der Waals surface area (Å²) in [5, 5.41) is 0. The molecular formula is C12H24N2O3. The molecule has 1 saturated carbocycles. The third-order valence-corrected chi connectivity index (χ3v) is 3.03. The molecule has 0 aliphatic heterocycles. The van der Waals surface area contributed by atoms with E-state index in [1.54, 1.807) is 0 Å². The Morgan fingerprint density at radius 3 is 2.71 bits per heavy atom. The Labute approximate surface area is 103 Å². The molecule has 1 aliphatic rings. The highest BCUT2D eigenvalue weighted by molar-refractivity contribution is 5.84. The quantitative estimate of drug-likeness (QED) is 0.635. The zero-order valence-corrected chi connectivity index (χ0v) is 10.8. The van der Waals surface area contributed by atoms with E-state index in [0.717, 1.165) is 13.0 Å². The van der Waals surface area contributed by atoms with E-state index >= 15 is 0 Å². The molecule has 1 aliphatic carbocycles. The summed E-state index contributed by atoms with van der Waals surface area (Å²) in [5.41, 5.74) is 10.3. The van der Waals surface area contributed by atoms with Gasteiger partial charge in [-0.1, -0.05) is 13.8 Å². The van der Waals surface area contributed by atoms with Crippen molar-refractivity contribution in [3.05, 3.63) is 0 Å². The van der Waals surface area contributed by atoms with Gasteiger partial charge in [0, 0.05) is 13.0 Å². The number of hydrogen-bond donors (Lipinski definition) is 2. The smallest absolute Gasteiger partial charge is 0.237 e. The van der Waals surface area contributed by atoms with Crippen LogP contribution in [0.25, 0.3) is 0 Å². The van der Waals surface area contributed by atoms with Crippen LogP contribution >= 0.6 is 0 Å². The van der Waals surface area contributed by atoms with Gasteiger partial charge >= 0.3 is 0 Å². The maximum Gasteiger partial charge on any atom is 0.237 e. The lowest BCUT2D eigenvalue weighted by atomic mass is 9.99. The summed E-state index contributed by atoms with van der Waals surface area (Å²) >= 11 is 0. The van der Waals surface area contributed by atoms with Crippen LogP contribution in [0.1, 0.15) is 33.1 Å². The van der Waals surface area contributed by atoms with Gasteiger partial charge in [0.15, 0.2) is 0 Å². The van der Waals surface area contributed by atoms with Crippen molar-refractivity contribution in [2.24, 2.45) is 17.4 Å². The molecule has 2 atom stereocenters. The standard InChI is InChI=1S/C12H24N2O3/c1-9(2)8-16-5-6-17-10-3-4-12(14,7-10)11(13)15/h9-10H,3-8,14H2,1-2H3,(H2,13,15). The van der Waals surface area contributed by atoms with Crippen molar-refractivity contribution < 1.29 is 14.3 Å². The lowest BCUT2D eigenvalue weighted by Crippen LogP contribution is -2.50. The van der Waals surface area contributed by atoms with Gasteiger partial charge in [0.1, 0.15) is 0 Å². The Balaban J connectivity index is 2.12. The lowest BCUT2D eigenvalue weighted by molar-refractivity contribution is -0.123. The van der Waals surface area contributed by atoms with Crippen LogP contribution in [0, 0.1) is 5.92 Å². The SMILES string of the molecule is CC(C)COCCOC1CCC(N)(C(N)=O)C1. The summed E-state index contributed by atoms with van der Waals surface area (Å²) < 4.78 is 11.0. The number of rotatable bonds is 7. The number of hydrogen-bond acceptors (Lipinski definition) is 4. The fourth-order valence-electron chi connectivity index (χ4n) is 1.99. The Morgan fingerprint density at radius 2 is 2.18 bits per heavy atom. The fraction of sp³-hybridized carbons (Fsp3) is 0.917. The fourth-order valence-corrected chi connectivity index (χ4v) is 1.99. The van der Waals surface area contributed by atoms with Crippen LogP contribution in [0.2, 0.25) is 0 Å². The average Bonchev–Trinajstić information content (AvgIpc) is 2.61. The van der Waals surface area contributed by atoms with Crippen LogP contribution in [-0.2, 0) is 14.3 Å². The van der Waals surface area contributed by atoms with Gasteiger partial charge in [-0.2, -0.15) is 0 Å². The first-order valence-electron chi connectivity index (χ1n) is 6.22. The summed E-state index contributed by atoms with van der Waals surface area (Å²) in [6.07, 6.45) is 1.96. The normalized spacial score (nSPS) is 28.8. The molecule has 0 aromatic rings. The van der Waals surface area contributed by atoms with Crippen molar-refractivity contribution in [1.82, 2.24) is 0 Å². The second-order valence-corrected chi connectivity index (χ2v) is 5.22. The van der Waals surface area contributed by atoms with Gasteiger partial charge < -0.3 is 20.9 Å². The predicted octanol–water partition coefficient (Wildman–Crippen LogP) is 0.411. The zero-order valence-electron chi connectivity index (χ0n) is 10.8. The maximum atomic E-state index is 11.1. The van der Waals surface area contributed by atoms with E-state index in [1.165, 1.54) is 0 Å². The number of carbonyl (C=O) groups is 1. The van der Waals surface area contributed by atoms with E-state index in [1.807, 2.05) is 0 Å². The van der Waals surface area contributed by atoms with E-state index in [-0.39, 0.29) is 6.10 Å². The molecule has 0 bridgehead atoms. The molecule has 0 radical (unpaired) electrons. The van der Waals surface area contributed by atoms with Crippen molar-refractivity contribution in [1.29, 1.82) is 0 Å². The van der Waals surface area contributed by atoms with Crippen molar-refractivity contribution in [3.8, 4) is 0 Å². The number of nitrogens with two attached hydrogens (primary N) is 2.